The van der Waals surface area contributed by atoms with Crippen LogP contribution in [-0.2, 0) is 12.8 Å². The van der Waals surface area contributed by atoms with E-state index in [0.717, 1.165) is 24.8 Å². The van der Waals surface area contributed by atoms with Crippen molar-refractivity contribution >= 4 is 23.2 Å². The highest BCUT2D eigenvalue weighted by Gasteiger charge is 2.30. The molecule has 1 aromatic heterocycles. The zero-order chi connectivity index (χ0) is 14.8. The van der Waals surface area contributed by atoms with Crippen LogP contribution in [0.15, 0.2) is 36.5 Å². The third kappa shape index (κ3) is 3.06. The van der Waals surface area contributed by atoms with Gasteiger partial charge in [-0.2, -0.15) is 0 Å². The molecule has 2 aromatic rings. The van der Waals surface area contributed by atoms with E-state index in [9.17, 15) is 0 Å². The summed E-state index contributed by atoms with van der Waals surface area (Å²) >= 11 is 12.0. The van der Waals surface area contributed by atoms with Crippen LogP contribution in [0.2, 0.25) is 10.0 Å². The van der Waals surface area contributed by atoms with Crippen LogP contribution in [0, 0.1) is 0 Å². The third-order valence-electron chi connectivity index (χ3n) is 4.14. The van der Waals surface area contributed by atoms with Gasteiger partial charge < -0.3 is 0 Å². The fourth-order valence-corrected chi connectivity index (χ4v) is 3.39. The monoisotopic (exact) mass is 321 g/mol. The summed E-state index contributed by atoms with van der Waals surface area (Å²) < 4.78 is 0. The molecule has 0 spiro atoms. The number of benzene rings is 1. The van der Waals surface area contributed by atoms with Crippen LogP contribution >= 0.6 is 23.2 Å². The van der Waals surface area contributed by atoms with Gasteiger partial charge in [0.05, 0.1) is 10.0 Å². The molecule has 0 bridgehead atoms. The lowest BCUT2D eigenvalue weighted by atomic mass is 9.92. The highest BCUT2D eigenvalue weighted by molar-refractivity contribution is 6.42. The standard InChI is InChI=1S/C16H17Cl2N3/c17-13-6-3-10(8-14(13)18)9-15(21-19)12-5-4-11-2-1-7-20-16(11)12/h1-3,6-8,12,15,21H,4-5,9,19H2. The highest BCUT2D eigenvalue weighted by Crippen LogP contribution is 2.35. The summed E-state index contributed by atoms with van der Waals surface area (Å²) in [6.45, 7) is 0. The summed E-state index contributed by atoms with van der Waals surface area (Å²) in [4.78, 5) is 4.54. The van der Waals surface area contributed by atoms with Crippen molar-refractivity contribution in [2.75, 3.05) is 0 Å². The first kappa shape index (κ1) is 14.8. The molecule has 0 saturated carbocycles. The minimum Gasteiger partial charge on any atom is -0.271 e. The molecular formula is C16H17Cl2N3. The summed E-state index contributed by atoms with van der Waals surface area (Å²) in [6, 6.07) is 10.0. The third-order valence-corrected chi connectivity index (χ3v) is 4.88. The van der Waals surface area contributed by atoms with Gasteiger partial charge in [0, 0.05) is 23.9 Å². The second-order valence-electron chi connectivity index (χ2n) is 5.42. The fourth-order valence-electron chi connectivity index (χ4n) is 3.07. The maximum atomic E-state index is 6.09. The van der Waals surface area contributed by atoms with E-state index in [1.807, 2.05) is 30.5 Å². The number of halogens is 2. The van der Waals surface area contributed by atoms with Crippen molar-refractivity contribution in [2.24, 2.45) is 5.84 Å². The van der Waals surface area contributed by atoms with Crippen molar-refractivity contribution in [3.8, 4) is 0 Å². The van der Waals surface area contributed by atoms with E-state index in [1.54, 1.807) is 0 Å². The van der Waals surface area contributed by atoms with E-state index < -0.39 is 0 Å². The Morgan fingerprint density at radius 2 is 2.14 bits per heavy atom. The maximum Gasteiger partial charge on any atom is 0.0595 e. The number of pyridine rings is 1. The van der Waals surface area contributed by atoms with Crippen LogP contribution in [0.1, 0.15) is 29.2 Å². The highest BCUT2D eigenvalue weighted by atomic mass is 35.5. The van der Waals surface area contributed by atoms with Gasteiger partial charge in [0.2, 0.25) is 0 Å². The molecule has 0 saturated heterocycles. The van der Waals surface area contributed by atoms with E-state index in [0.29, 0.717) is 16.0 Å². The molecule has 21 heavy (non-hydrogen) atoms. The Labute approximate surface area is 134 Å². The molecule has 3 N–H and O–H groups in total. The molecule has 1 heterocycles. The number of aromatic nitrogens is 1. The minimum absolute atomic E-state index is 0.137. The number of rotatable bonds is 4. The van der Waals surface area contributed by atoms with Gasteiger partial charge in [-0.1, -0.05) is 35.3 Å². The number of hydrogen-bond donors (Lipinski definition) is 2. The van der Waals surface area contributed by atoms with Gasteiger partial charge in [-0.3, -0.25) is 16.3 Å². The van der Waals surface area contributed by atoms with Crippen LogP contribution < -0.4 is 11.3 Å². The van der Waals surface area contributed by atoms with E-state index >= 15 is 0 Å². The van der Waals surface area contributed by atoms with E-state index in [2.05, 4.69) is 16.5 Å². The van der Waals surface area contributed by atoms with Crippen molar-refractivity contribution < 1.29 is 0 Å². The zero-order valence-electron chi connectivity index (χ0n) is 11.5. The number of hydrogen-bond acceptors (Lipinski definition) is 3. The van der Waals surface area contributed by atoms with E-state index in [4.69, 9.17) is 29.0 Å². The SMILES string of the molecule is NNC(Cc1ccc(Cl)c(Cl)c1)C1CCc2cccnc21. The van der Waals surface area contributed by atoms with Gasteiger partial charge in [0.1, 0.15) is 0 Å². The van der Waals surface area contributed by atoms with Crippen molar-refractivity contribution in [2.45, 2.75) is 31.2 Å². The van der Waals surface area contributed by atoms with Crippen LogP contribution in [0.3, 0.4) is 0 Å². The molecule has 3 rings (SSSR count). The molecule has 0 aliphatic heterocycles. The lowest BCUT2D eigenvalue weighted by Gasteiger charge is -2.23. The molecule has 1 aromatic carbocycles. The predicted molar refractivity (Wildman–Crippen MR) is 86.6 cm³/mol. The van der Waals surface area contributed by atoms with Gasteiger partial charge in [-0.05, 0) is 48.6 Å². The van der Waals surface area contributed by atoms with Gasteiger partial charge >= 0.3 is 0 Å². The smallest absolute Gasteiger partial charge is 0.0595 e. The fraction of sp³-hybridized carbons (Fsp3) is 0.312. The summed E-state index contributed by atoms with van der Waals surface area (Å²) in [7, 11) is 0. The van der Waals surface area contributed by atoms with Crippen molar-refractivity contribution in [1.82, 2.24) is 10.4 Å². The molecule has 110 valence electrons. The second kappa shape index (κ2) is 6.32. The molecule has 1 aliphatic carbocycles. The molecule has 3 nitrogen and oxygen atoms in total. The Morgan fingerprint density at radius 3 is 2.90 bits per heavy atom. The number of nitrogens with zero attached hydrogens (tertiary/aromatic N) is 1. The molecule has 2 unspecified atom stereocenters. The van der Waals surface area contributed by atoms with Crippen LogP contribution in [0.4, 0.5) is 0 Å². The largest absolute Gasteiger partial charge is 0.271 e. The topological polar surface area (TPSA) is 50.9 Å². The summed E-state index contributed by atoms with van der Waals surface area (Å²) in [5.74, 6) is 6.12. The van der Waals surface area contributed by atoms with Gasteiger partial charge in [-0.25, -0.2) is 0 Å². The summed E-state index contributed by atoms with van der Waals surface area (Å²) in [5, 5.41) is 1.15. The average molecular weight is 322 g/mol. The summed E-state index contributed by atoms with van der Waals surface area (Å²) in [6.07, 6.45) is 4.79. The van der Waals surface area contributed by atoms with Crippen molar-refractivity contribution in [3.63, 3.8) is 0 Å². The number of nitrogens with two attached hydrogens (primary N) is 1. The van der Waals surface area contributed by atoms with Crippen LogP contribution in [-0.4, -0.2) is 11.0 Å². The number of fused-ring (bicyclic) bond motifs is 1. The first-order chi connectivity index (χ1) is 10.2. The second-order valence-corrected chi connectivity index (χ2v) is 6.23. The molecule has 5 heteroatoms. The van der Waals surface area contributed by atoms with Crippen molar-refractivity contribution in [1.29, 1.82) is 0 Å². The predicted octanol–water partition coefficient (Wildman–Crippen LogP) is 3.49. The molecular weight excluding hydrogens is 305 g/mol. The molecule has 0 radical (unpaired) electrons. The van der Waals surface area contributed by atoms with Crippen LogP contribution in [0.5, 0.6) is 0 Å². The first-order valence-corrected chi connectivity index (χ1v) is 7.78. The van der Waals surface area contributed by atoms with Crippen molar-refractivity contribution in [3.05, 3.63) is 63.4 Å². The zero-order valence-corrected chi connectivity index (χ0v) is 13.0. The minimum atomic E-state index is 0.137. The molecule has 2 atom stereocenters. The Balaban J connectivity index is 1.81. The number of nitrogens with one attached hydrogen (secondary N) is 1. The number of aryl methyl sites for hydroxylation is 1. The van der Waals surface area contributed by atoms with Gasteiger partial charge in [0.15, 0.2) is 0 Å². The Hall–Kier alpha value is -1.13. The Morgan fingerprint density at radius 1 is 1.29 bits per heavy atom. The average Bonchev–Trinajstić information content (AvgIpc) is 2.92. The Bertz CT molecular complexity index is 645. The molecule has 0 fully saturated rings. The molecule has 0 amide bonds. The van der Waals surface area contributed by atoms with E-state index in [1.165, 1.54) is 11.3 Å². The lowest BCUT2D eigenvalue weighted by Crippen LogP contribution is -2.41. The maximum absolute atomic E-state index is 6.09. The molecule has 1 aliphatic rings. The van der Waals surface area contributed by atoms with Crippen LogP contribution in [0.25, 0.3) is 0 Å². The Kier molecular flexibility index (Phi) is 4.45. The quantitative estimate of drug-likeness (QED) is 0.669. The van der Waals surface area contributed by atoms with Gasteiger partial charge in [0.25, 0.3) is 0 Å². The lowest BCUT2D eigenvalue weighted by molar-refractivity contribution is 0.429. The first-order valence-electron chi connectivity index (χ1n) is 7.03. The van der Waals surface area contributed by atoms with E-state index in [-0.39, 0.29) is 6.04 Å². The van der Waals surface area contributed by atoms with Gasteiger partial charge in [-0.15, -0.1) is 0 Å². The normalized spacial score (nSPS) is 18.5. The summed E-state index contributed by atoms with van der Waals surface area (Å²) in [5.41, 5.74) is 6.57. The number of hydrazine groups is 1.